The van der Waals surface area contributed by atoms with Crippen molar-refractivity contribution in [1.29, 1.82) is 0 Å². The third-order valence-electron chi connectivity index (χ3n) is 5.38. The number of hydrogen-bond donors (Lipinski definition) is 1. The largest absolute Gasteiger partial charge is 0.355 e. The van der Waals surface area contributed by atoms with Crippen LogP contribution in [0.1, 0.15) is 0 Å². The molecule has 0 atom stereocenters. The Kier molecular flexibility index (Phi) is 2.97. The van der Waals surface area contributed by atoms with Gasteiger partial charge >= 0.3 is 0 Å². The number of halogens is 1. The summed E-state index contributed by atoms with van der Waals surface area (Å²) in [6.45, 7) is 0. The van der Waals surface area contributed by atoms with Crippen LogP contribution in [0.3, 0.4) is 0 Å². The standard InChI is InChI=1S/C24H15ClN2/c25-15-9-11-21-19(13-15)20-14-16(10-12-22(20)26-21)27-23-7-3-1-5-17(23)18-6-2-4-8-24(18)27/h1-14,26H. The number of hydrogen-bond acceptors (Lipinski definition) is 0. The van der Waals surface area contributed by atoms with Gasteiger partial charge in [0, 0.05) is 43.3 Å². The molecule has 6 aromatic rings. The molecular formula is C24H15ClN2. The number of fused-ring (bicyclic) bond motifs is 6. The summed E-state index contributed by atoms with van der Waals surface area (Å²) in [5, 5.41) is 5.64. The fraction of sp³-hybridized carbons (Fsp3) is 0. The molecule has 0 saturated heterocycles. The molecule has 2 aromatic heterocycles. The van der Waals surface area contributed by atoms with Gasteiger partial charge in [-0.2, -0.15) is 0 Å². The highest BCUT2D eigenvalue weighted by Crippen LogP contribution is 2.34. The second kappa shape index (κ2) is 5.38. The summed E-state index contributed by atoms with van der Waals surface area (Å²) in [4.78, 5) is 3.48. The normalized spacial score (nSPS) is 11.9. The molecule has 4 aromatic carbocycles. The van der Waals surface area contributed by atoms with Crippen LogP contribution in [0.5, 0.6) is 0 Å². The van der Waals surface area contributed by atoms with E-state index in [-0.39, 0.29) is 0 Å². The van der Waals surface area contributed by atoms with Crippen LogP contribution in [0.15, 0.2) is 84.9 Å². The molecule has 27 heavy (non-hydrogen) atoms. The van der Waals surface area contributed by atoms with Crippen molar-refractivity contribution in [3.05, 3.63) is 90.0 Å². The van der Waals surface area contributed by atoms with E-state index in [0.29, 0.717) is 0 Å². The zero-order chi connectivity index (χ0) is 18.0. The van der Waals surface area contributed by atoms with Gasteiger partial charge in [-0.1, -0.05) is 48.0 Å². The lowest BCUT2D eigenvalue weighted by molar-refractivity contribution is 1.19. The Morgan fingerprint density at radius 2 is 1.19 bits per heavy atom. The molecule has 1 N–H and O–H groups in total. The Hall–Kier alpha value is -3.23. The van der Waals surface area contributed by atoms with Crippen molar-refractivity contribution in [3.8, 4) is 5.69 Å². The first-order valence-corrected chi connectivity index (χ1v) is 9.37. The van der Waals surface area contributed by atoms with Gasteiger partial charge in [-0.05, 0) is 48.5 Å². The number of aromatic amines is 1. The first-order valence-electron chi connectivity index (χ1n) is 8.99. The van der Waals surface area contributed by atoms with Gasteiger partial charge in [0.2, 0.25) is 0 Å². The lowest BCUT2D eigenvalue weighted by Gasteiger charge is -2.08. The summed E-state index contributed by atoms with van der Waals surface area (Å²) in [7, 11) is 0. The summed E-state index contributed by atoms with van der Waals surface area (Å²) < 4.78 is 2.34. The SMILES string of the molecule is Clc1ccc2[nH]c3ccc(-n4c5ccccc5c5ccccc54)cc3c2c1. The van der Waals surface area contributed by atoms with Crippen molar-refractivity contribution in [3.63, 3.8) is 0 Å². The first kappa shape index (κ1) is 14.9. The van der Waals surface area contributed by atoms with Gasteiger partial charge in [-0.15, -0.1) is 0 Å². The maximum Gasteiger partial charge on any atom is 0.0541 e. The van der Waals surface area contributed by atoms with Gasteiger partial charge in [0.25, 0.3) is 0 Å². The molecule has 0 aliphatic rings. The zero-order valence-corrected chi connectivity index (χ0v) is 15.2. The third kappa shape index (κ3) is 2.08. The second-order valence-electron chi connectivity index (χ2n) is 6.91. The number of rotatable bonds is 1. The van der Waals surface area contributed by atoms with Crippen molar-refractivity contribution in [1.82, 2.24) is 9.55 Å². The molecule has 6 rings (SSSR count). The van der Waals surface area contributed by atoms with Gasteiger partial charge in [0.05, 0.1) is 11.0 Å². The molecule has 0 bridgehead atoms. The molecule has 0 fully saturated rings. The Balaban J connectivity index is 1.74. The van der Waals surface area contributed by atoms with E-state index in [1.54, 1.807) is 0 Å². The van der Waals surface area contributed by atoms with Crippen molar-refractivity contribution < 1.29 is 0 Å². The Morgan fingerprint density at radius 1 is 0.593 bits per heavy atom. The summed E-state index contributed by atoms with van der Waals surface area (Å²) in [5.74, 6) is 0. The molecule has 128 valence electrons. The van der Waals surface area contributed by atoms with Crippen LogP contribution in [0.4, 0.5) is 0 Å². The maximum absolute atomic E-state index is 6.25. The van der Waals surface area contributed by atoms with Gasteiger partial charge in [-0.25, -0.2) is 0 Å². The third-order valence-corrected chi connectivity index (χ3v) is 5.62. The van der Waals surface area contributed by atoms with E-state index in [4.69, 9.17) is 11.6 Å². The first-order chi connectivity index (χ1) is 13.3. The monoisotopic (exact) mass is 366 g/mol. The minimum Gasteiger partial charge on any atom is -0.355 e. The Labute approximate surface area is 160 Å². The van der Waals surface area contributed by atoms with Crippen LogP contribution in [0, 0.1) is 0 Å². The molecule has 0 amide bonds. The number of H-pyrrole nitrogens is 1. The van der Waals surface area contributed by atoms with Gasteiger partial charge < -0.3 is 9.55 Å². The summed E-state index contributed by atoms with van der Waals surface area (Å²) in [5.41, 5.74) is 5.82. The van der Waals surface area contributed by atoms with E-state index in [1.807, 2.05) is 18.2 Å². The predicted octanol–water partition coefficient (Wildman–Crippen LogP) is 7.07. The average Bonchev–Trinajstić information content (AvgIpc) is 3.23. The molecule has 0 radical (unpaired) electrons. The number of aromatic nitrogens is 2. The van der Waals surface area contributed by atoms with Gasteiger partial charge in [-0.3, -0.25) is 0 Å². The molecular weight excluding hydrogens is 352 g/mol. The molecule has 0 aliphatic carbocycles. The number of nitrogens with one attached hydrogen (secondary N) is 1. The fourth-order valence-electron chi connectivity index (χ4n) is 4.20. The Bertz CT molecular complexity index is 1430. The molecule has 2 heterocycles. The smallest absolute Gasteiger partial charge is 0.0541 e. The van der Waals surface area contributed by atoms with E-state index < -0.39 is 0 Å². The highest BCUT2D eigenvalue weighted by Gasteiger charge is 2.13. The number of benzene rings is 4. The molecule has 0 aliphatic heterocycles. The molecule has 3 heteroatoms. The molecule has 0 spiro atoms. The van der Waals surface area contributed by atoms with Crippen molar-refractivity contribution in [2.45, 2.75) is 0 Å². The van der Waals surface area contributed by atoms with Crippen LogP contribution in [0.25, 0.3) is 49.3 Å². The highest BCUT2D eigenvalue weighted by molar-refractivity contribution is 6.31. The van der Waals surface area contributed by atoms with Gasteiger partial charge in [0.1, 0.15) is 0 Å². The minimum absolute atomic E-state index is 0.755. The van der Waals surface area contributed by atoms with Crippen LogP contribution in [-0.4, -0.2) is 9.55 Å². The second-order valence-corrected chi connectivity index (χ2v) is 7.35. The van der Waals surface area contributed by atoms with Crippen molar-refractivity contribution in [2.75, 3.05) is 0 Å². The topological polar surface area (TPSA) is 20.7 Å². The lowest BCUT2D eigenvalue weighted by Crippen LogP contribution is -1.93. The van der Waals surface area contributed by atoms with E-state index in [9.17, 15) is 0 Å². The number of nitrogens with zero attached hydrogens (tertiary/aromatic N) is 1. The highest BCUT2D eigenvalue weighted by atomic mass is 35.5. The fourth-order valence-corrected chi connectivity index (χ4v) is 4.37. The maximum atomic E-state index is 6.25. The Morgan fingerprint density at radius 3 is 1.89 bits per heavy atom. The average molecular weight is 367 g/mol. The van der Waals surface area contributed by atoms with Crippen LogP contribution >= 0.6 is 11.6 Å². The van der Waals surface area contributed by atoms with Crippen LogP contribution in [-0.2, 0) is 0 Å². The van der Waals surface area contributed by atoms with Gasteiger partial charge in [0.15, 0.2) is 0 Å². The number of para-hydroxylation sites is 2. The summed E-state index contributed by atoms with van der Waals surface area (Å²) >= 11 is 6.25. The summed E-state index contributed by atoms with van der Waals surface area (Å²) in [6, 6.07) is 29.7. The van der Waals surface area contributed by atoms with Crippen LogP contribution in [0.2, 0.25) is 5.02 Å². The quantitative estimate of drug-likeness (QED) is 0.321. The zero-order valence-electron chi connectivity index (χ0n) is 14.4. The predicted molar refractivity (Wildman–Crippen MR) is 115 cm³/mol. The van der Waals surface area contributed by atoms with E-state index in [0.717, 1.165) is 27.1 Å². The lowest BCUT2D eigenvalue weighted by atomic mass is 10.1. The molecule has 2 nitrogen and oxygen atoms in total. The molecule has 0 unspecified atom stereocenters. The van der Waals surface area contributed by atoms with Crippen LogP contribution < -0.4 is 0 Å². The van der Waals surface area contributed by atoms with E-state index >= 15 is 0 Å². The van der Waals surface area contributed by atoms with E-state index in [2.05, 4.69) is 76.3 Å². The van der Waals surface area contributed by atoms with E-state index in [1.165, 1.54) is 27.2 Å². The van der Waals surface area contributed by atoms with Crippen molar-refractivity contribution >= 4 is 55.2 Å². The molecule has 0 saturated carbocycles. The summed E-state index contributed by atoms with van der Waals surface area (Å²) in [6.07, 6.45) is 0. The minimum atomic E-state index is 0.755. The van der Waals surface area contributed by atoms with Crippen molar-refractivity contribution in [2.24, 2.45) is 0 Å².